The standard InChI is InChI=1S/C13H16BrN3O2/c1-2-16-3-4-17(13(19)12(16)18)8-9-5-10(14)7-11(15)6-9/h5-7H,2-4,8,15H2,1H3. The molecule has 0 bridgehead atoms. The van der Waals surface area contributed by atoms with Gasteiger partial charge >= 0.3 is 11.8 Å². The lowest BCUT2D eigenvalue weighted by molar-refractivity contribution is -0.156. The van der Waals surface area contributed by atoms with Gasteiger partial charge in [0.2, 0.25) is 0 Å². The van der Waals surface area contributed by atoms with E-state index in [1.807, 2.05) is 19.1 Å². The Morgan fingerprint density at radius 3 is 2.42 bits per heavy atom. The van der Waals surface area contributed by atoms with Crippen LogP contribution in [0.5, 0.6) is 0 Å². The van der Waals surface area contributed by atoms with Crippen molar-refractivity contribution in [1.29, 1.82) is 0 Å². The first-order chi connectivity index (χ1) is 9.01. The first-order valence-corrected chi connectivity index (χ1v) is 6.93. The van der Waals surface area contributed by atoms with Gasteiger partial charge < -0.3 is 15.5 Å². The normalized spacial score (nSPS) is 16.1. The molecular formula is C13H16BrN3O2. The van der Waals surface area contributed by atoms with Gasteiger partial charge in [-0.25, -0.2) is 0 Å². The largest absolute Gasteiger partial charge is 0.399 e. The van der Waals surface area contributed by atoms with Crippen LogP contribution < -0.4 is 5.73 Å². The molecule has 2 rings (SSSR count). The van der Waals surface area contributed by atoms with E-state index < -0.39 is 11.8 Å². The fourth-order valence-corrected chi connectivity index (χ4v) is 2.71. The van der Waals surface area contributed by atoms with Crippen LogP contribution in [0.3, 0.4) is 0 Å². The fourth-order valence-electron chi connectivity index (χ4n) is 2.15. The third-order valence-electron chi connectivity index (χ3n) is 3.13. The van der Waals surface area contributed by atoms with Crippen molar-refractivity contribution in [2.75, 3.05) is 25.4 Å². The second kappa shape index (κ2) is 5.61. The number of benzene rings is 1. The van der Waals surface area contributed by atoms with Crippen molar-refractivity contribution < 1.29 is 9.59 Å². The molecule has 0 aromatic heterocycles. The summed E-state index contributed by atoms with van der Waals surface area (Å²) in [4.78, 5) is 26.9. The summed E-state index contributed by atoms with van der Waals surface area (Å²) in [6.07, 6.45) is 0. The zero-order valence-corrected chi connectivity index (χ0v) is 12.3. The van der Waals surface area contributed by atoms with Crippen LogP contribution in [-0.2, 0) is 16.1 Å². The third kappa shape index (κ3) is 3.07. The number of likely N-dealkylation sites (N-methyl/N-ethyl adjacent to an activating group) is 1. The Hall–Kier alpha value is -1.56. The fraction of sp³-hybridized carbons (Fsp3) is 0.385. The maximum absolute atomic E-state index is 12.0. The van der Waals surface area contributed by atoms with E-state index in [2.05, 4.69) is 15.9 Å². The molecule has 0 saturated carbocycles. The number of piperazine rings is 1. The monoisotopic (exact) mass is 325 g/mol. The van der Waals surface area contributed by atoms with Gasteiger partial charge in [-0.3, -0.25) is 9.59 Å². The minimum absolute atomic E-state index is 0.408. The Morgan fingerprint density at radius 1 is 1.16 bits per heavy atom. The van der Waals surface area contributed by atoms with E-state index in [-0.39, 0.29) is 0 Å². The van der Waals surface area contributed by atoms with Crippen molar-refractivity contribution >= 4 is 33.4 Å². The lowest BCUT2D eigenvalue weighted by Gasteiger charge is -2.33. The number of amides is 2. The number of nitrogens with two attached hydrogens (primary N) is 1. The summed E-state index contributed by atoms with van der Waals surface area (Å²) >= 11 is 3.37. The molecule has 0 radical (unpaired) electrons. The lowest BCUT2D eigenvalue weighted by atomic mass is 10.1. The lowest BCUT2D eigenvalue weighted by Crippen LogP contribution is -2.53. The van der Waals surface area contributed by atoms with Crippen LogP contribution >= 0.6 is 15.9 Å². The Labute approximate surface area is 120 Å². The Bertz CT molecular complexity index is 498. The molecule has 1 aromatic carbocycles. The van der Waals surface area contributed by atoms with Crippen LogP contribution in [0.25, 0.3) is 0 Å². The van der Waals surface area contributed by atoms with Crippen LogP contribution in [0.2, 0.25) is 0 Å². The second-order valence-corrected chi connectivity index (χ2v) is 5.42. The molecule has 102 valence electrons. The van der Waals surface area contributed by atoms with Crippen molar-refractivity contribution in [2.24, 2.45) is 0 Å². The average molecular weight is 326 g/mol. The second-order valence-electron chi connectivity index (χ2n) is 4.50. The molecule has 0 spiro atoms. The maximum atomic E-state index is 12.0. The van der Waals surface area contributed by atoms with Crippen LogP contribution in [0, 0.1) is 0 Å². The summed E-state index contributed by atoms with van der Waals surface area (Å²) in [5, 5.41) is 0. The number of anilines is 1. The van der Waals surface area contributed by atoms with Crippen molar-refractivity contribution in [3.8, 4) is 0 Å². The molecule has 1 heterocycles. The van der Waals surface area contributed by atoms with E-state index in [1.165, 1.54) is 0 Å². The predicted molar refractivity (Wildman–Crippen MR) is 76.2 cm³/mol. The summed E-state index contributed by atoms with van der Waals surface area (Å²) in [5.41, 5.74) is 7.31. The van der Waals surface area contributed by atoms with Crippen LogP contribution in [0.4, 0.5) is 5.69 Å². The molecule has 1 fully saturated rings. The molecular weight excluding hydrogens is 310 g/mol. The molecule has 0 atom stereocenters. The first-order valence-electron chi connectivity index (χ1n) is 6.14. The molecule has 0 aliphatic carbocycles. The number of nitrogen functional groups attached to an aromatic ring is 1. The van der Waals surface area contributed by atoms with Gasteiger partial charge in [-0.2, -0.15) is 0 Å². The molecule has 1 saturated heterocycles. The van der Waals surface area contributed by atoms with E-state index in [4.69, 9.17) is 5.73 Å². The molecule has 2 amide bonds. The molecule has 2 N–H and O–H groups in total. The SMILES string of the molecule is CCN1CCN(Cc2cc(N)cc(Br)c2)C(=O)C1=O. The summed E-state index contributed by atoms with van der Waals surface area (Å²) in [6.45, 7) is 4.00. The molecule has 1 aliphatic heterocycles. The number of carbonyl (C=O) groups is 2. The van der Waals surface area contributed by atoms with Gasteiger partial charge in [0.05, 0.1) is 0 Å². The predicted octanol–water partition coefficient (Wildman–Crippen LogP) is 1.22. The molecule has 1 aromatic rings. The minimum atomic E-state index is -0.438. The van der Waals surface area contributed by atoms with Crippen LogP contribution in [-0.4, -0.2) is 41.2 Å². The number of halogens is 1. The highest BCUT2D eigenvalue weighted by Gasteiger charge is 2.31. The topological polar surface area (TPSA) is 66.6 Å². The molecule has 6 heteroatoms. The Kier molecular flexibility index (Phi) is 4.09. The highest BCUT2D eigenvalue weighted by molar-refractivity contribution is 9.10. The van der Waals surface area contributed by atoms with Crippen molar-refractivity contribution in [1.82, 2.24) is 9.80 Å². The van der Waals surface area contributed by atoms with E-state index >= 15 is 0 Å². The molecule has 0 unspecified atom stereocenters. The average Bonchev–Trinajstić information content (AvgIpc) is 2.34. The third-order valence-corrected chi connectivity index (χ3v) is 3.59. The van der Waals surface area contributed by atoms with Crippen molar-refractivity contribution in [3.05, 3.63) is 28.2 Å². The van der Waals surface area contributed by atoms with E-state index in [0.717, 1.165) is 10.0 Å². The summed E-state index contributed by atoms with van der Waals surface area (Å²) in [6, 6.07) is 5.51. The van der Waals surface area contributed by atoms with Gasteiger partial charge in [0.15, 0.2) is 0 Å². The summed E-state index contributed by atoms with van der Waals surface area (Å²) in [5.74, 6) is -0.858. The van der Waals surface area contributed by atoms with E-state index in [0.29, 0.717) is 31.9 Å². The highest BCUT2D eigenvalue weighted by atomic mass is 79.9. The number of hydrogen-bond acceptors (Lipinski definition) is 3. The van der Waals surface area contributed by atoms with Crippen LogP contribution in [0.1, 0.15) is 12.5 Å². The number of carbonyl (C=O) groups excluding carboxylic acids is 2. The first kappa shape index (κ1) is 13.9. The van der Waals surface area contributed by atoms with Gasteiger partial charge in [-0.15, -0.1) is 0 Å². The van der Waals surface area contributed by atoms with Gasteiger partial charge in [0.1, 0.15) is 0 Å². The maximum Gasteiger partial charge on any atom is 0.312 e. The van der Waals surface area contributed by atoms with Crippen LogP contribution in [0.15, 0.2) is 22.7 Å². The molecule has 5 nitrogen and oxygen atoms in total. The van der Waals surface area contributed by atoms with Gasteiger partial charge in [-0.05, 0) is 30.7 Å². The zero-order chi connectivity index (χ0) is 14.0. The number of rotatable bonds is 3. The minimum Gasteiger partial charge on any atom is -0.399 e. The molecule has 19 heavy (non-hydrogen) atoms. The van der Waals surface area contributed by atoms with Gasteiger partial charge in [-0.1, -0.05) is 15.9 Å². The van der Waals surface area contributed by atoms with E-state index in [9.17, 15) is 9.59 Å². The quantitative estimate of drug-likeness (QED) is 0.671. The van der Waals surface area contributed by atoms with Crippen molar-refractivity contribution in [2.45, 2.75) is 13.5 Å². The highest BCUT2D eigenvalue weighted by Crippen LogP contribution is 2.19. The smallest absolute Gasteiger partial charge is 0.312 e. The summed E-state index contributed by atoms with van der Waals surface area (Å²) < 4.78 is 0.869. The Morgan fingerprint density at radius 2 is 1.79 bits per heavy atom. The number of hydrogen-bond donors (Lipinski definition) is 1. The summed E-state index contributed by atoms with van der Waals surface area (Å²) in [7, 11) is 0. The van der Waals surface area contributed by atoms with E-state index in [1.54, 1.807) is 15.9 Å². The van der Waals surface area contributed by atoms with Gasteiger partial charge in [0, 0.05) is 36.3 Å². The zero-order valence-electron chi connectivity index (χ0n) is 10.7. The number of nitrogens with zero attached hydrogens (tertiary/aromatic N) is 2. The molecule has 1 aliphatic rings. The van der Waals surface area contributed by atoms with Gasteiger partial charge in [0.25, 0.3) is 0 Å². The van der Waals surface area contributed by atoms with Crippen molar-refractivity contribution in [3.63, 3.8) is 0 Å². The Balaban J connectivity index is 2.11.